The van der Waals surface area contributed by atoms with Crippen molar-refractivity contribution in [1.82, 2.24) is 0 Å². The average molecular weight is 909 g/mol. The third-order valence-corrected chi connectivity index (χ3v) is 10.1. The van der Waals surface area contributed by atoms with Gasteiger partial charge in [-0.3, -0.25) is 14.4 Å². The number of carbonyl (C=O) groups excluding carboxylic acids is 3. The Hall–Kier alpha value is -4.71. The predicted molar refractivity (Wildman–Crippen MR) is 283 cm³/mol. The molecule has 6 heteroatoms. The molecule has 0 spiro atoms. The molecule has 0 aromatic heterocycles. The summed E-state index contributed by atoms with van der Waals surface area (Å²) in [5.74, 6) is -1.08. The predicted octanol–water partition coefficient (Wildman–Crippen LogP) is 17.3. The molecule has 0 fully saturated rings. The van der Waals surface area contributed by atoms with Crippen LogP contribution in [0.3, 0.4) is 0 Å². The maximum atomic E-state index is 12.8. The molecule has 66 heavy (non-hydrogen) atoms. The summed E-state index contributed by atoms with van der Waals surface area (Å²) in [5.41, 5.74) is 0. The Morgan fingerprint density at radius 1 is 0.318 bits per heavy atom. The molecule has 0 rings (SSSR count). The van der Waals surface area contributed by atoms with Gasteiger partial charge in [-0.1, -0.05) is 199 Å². The lowest BCUT2D eigenvalue weighted by molar-refractivity contribution is -0.167. The van der Waals surface area contributed by atoms with Gasteiger partial charge in [-0.25, -0.2) is 0 Å². The lowest BCUT2D eigenvalue weighted by Gasteiger charge is -2.18. The van der Waals surface area contributed by atoms with E-state index < -0.39 is 12.1 Å². The zero-order valence-corrected chi connectivity index (χ0v) is 41.9. The van der Waals surface area contributed by atoms with Crippen LogP contribution in [0.1, 0.15) is 194 Å². The van der Waals surface area contributed by atoms with Crippen molar-refractivity contribution in [3.05, 3.63) is 146 Å². The zero-order chi connectivity index (χ0) is 47.9. The summed E-state index contributed by atoms with van der Waals surface area (Å²) in [5, 5.41) is 0. The molecule has 0 saturated carbocycles. The van der Waals surface area contributed by atoms with Gasteiger partial charge in [0.2, 0.25) is 0 Å². The molecule has 0 aliphatic rings. The fraction of sp³-hybridized carbons (Fsp3) is 0.550. The second-order valence-electron chi connectivity index (χ2n) is 16.3. The highest BCUT2D eigenvalue weighted by molar-refractivity contribution is 5.71. The van der Waals surface area contributed by atoms with Crippen LogP contribution in [0.5, 0.6) is 0 Å². The lowest BCUT2D eigenvalue weighted by atomic mass is 10.1. The van der Waals surface area contributed by atoms with Crippen molar-refractivity contribution in [2.45, 2.75) is 200 Å². The van der Waals surface area contributed by atoms with E-state index in [0.717, 1.165) is 122 Å². The minimum Gasteiger partial charge on any atom is -0.462 e. The molecule has 0 heterocycles. The Balaban J connectivity index is 4.63. The SMILES string of the molecule is CC/C=C\C/C=C\C/C=C\C/C=C\C/C=C\CCCC(=O)OCC(COC(=O)CCCCCCC/C=C\C/C=C\CCCC)OC(=O)CCC/C=C\C/C=C\C/C=C\C/C=C\C/C=C\CC. The summed E-state index contributed by atoms with van der Waals surface area (Å²) in [6.45, 7) is 6.23. The van der Waals surface area contributed by atoms with E-state index in [0.29, 0.717) is 19.3 Å². The van der Waals surface area contributed by atoms with Gasteiger partial charge in [0.15, 0.2) is 6.10 Å². The van der Waals surface area contributed by atoms with Gasteiger partial charge in [-0.05, 0) is 122 Å². The Morgan fingerprint density at radius 3 is 0.985 bits per heavy atom. The molecule has 0 aromatic carbocycles. The number of rotatable bonds is 44. The van der Waals surface area contributed by atoms with Crippen molar-refractivity contribution < 1.29 is 28.6 Å². The standard InChI is InChI=1S/C60H92O6/c1-4-7-10-13-16-19-22-25-28-30-32-35-38-41-44-47-50-53-59(62)65-56-57(55-64-58(61)52-49-46-43-40-37-34-27-24-21-18-15-12-9-6-3)66-60(63)54-51-48-45-42-39-36-33-31-29-26-23-20-17-14-11-8-5-2/h7-8,10-11,15-20,24-29,32-33,35-36,41-42,44-45,57H,4-6,9,12-14,21-23,30-31,34,37-40,43,46-56H2,1-3H3/b10-7-,11-8-,18-15-,19-16-,20-17-,27-24-,28-25-,29-26-,35-32-,36-33-,44-41-,45-42-. The molecule has 0 aliphatic carbocycles. The molecule has 1 unspecified atom stereocenters. The summed E-state index contributed by atoms with van der Waals surface area (Å²) in [7, 11) is 0. The minimum absolute atomic E-state index is 0.132. The molecule has 368 valence electrons. The van der Waals surface area contributed by atoms with Gasteiger partial charge in [0.05, 0.1) is 0 Å². The molecule has 6 nitrogen and oxygen atoms in total. The molecule has 0 saturated heterocycles. The van der Waals surface area contributed by atoms with Gasteiger partial charge < -0.3 is 14.2 Å². The fourth-order valence-corrected chi connectivity index (χ4v) is 6.23. The van der Waals surface area contributed by atoms with E-state index in [-0.39, 0.29) is 38.0 Å². The fourth-order valence-electron chi connectivity index (χ4n) is 6.23. The van der Waals surface area contributed by atoms with Gasteiger partial charge in [-0.2, -0.15) is 0 Å². The third kappa shape index (κ3) is 50.3. The van der Waals surface area contributed by atoms with Crippen LogP contribution < -0.4 is 0 Å². The second-order valence-corrected chi connectivity index (χ2v) is 16.3. The van der Waals surface area contributed by atoms with Crippen molar-refractivity contribution >= 4 is 17.9 Å². The van der Waals surface area contributed by atoms with Crippen LogP contribution in [0.4, 0.5) is 0 Å². The number of ether oxygens (including phenoxy) is 3. The number of carbonyl (C=O) groups is 3. The van der Waals surface area contributed by atoms with Crippen molar-refractivity contribution in [3.63, 3.8) is 0 Å². The summed E-state index contributed by atoms with van der Waals surface area (Å²) < 4.78 is 16.7. The van der Waals surface area contributed by atoms with Crippen molar-refractivity contribution in [2.24, 2.45) is 0 Å². The van der Waals surface area contributed by atoms with Crippen molar-refractivity contribution in [2.75, 3.05) is 13.2 Å². The first-order chi connectivity index (χ1) is 32.5. The third-order valence-electron chi connectivity index (χ3n) is 10.1. The van der Waals surface area contributed by atoms with Crippen LogP contribution >= 0.6 is 0 Å². The average Bonchev–Trinajstić information content (AvgIpc) is 3.31. The highest BCUT2D eigenvalue weighted by Crippen LogP contribution is 2.11. The smallest absolute Gasteiger partial charge is 0.306 e. The van der Waals surface area contributed by atoms with E-state index in [1.165, 1.54) is 19.3 Å². The maximum Gasteiger partial charge on any atom is 0.306 e. The quantitative estimate of drug-likeness (QED) is 0.0262. The van der Waals surface area contributed by atoms with Gasteiger partial charge >= 0.3 is 17.9 Å². The number of hydrogen-bond donors (Lipinski definition) is 0. The monoisotopic (exact) mass is 909 g/mol. The van der Waals surface area contributed by atoms with Crippen LogP contribution in [0.25, 0.3) is 0 Å². The number of allylic oxidation sites excluding steroid dienone is 24. The van der Waals surface area contributed by atoms with E-state index >= 15 is 0 Å². The normalized spacial score (nSPS) is 13.3. The first kappa shape index (κ1) is 61.3. The van der Waals surface area contributed by atoms with Gasteiger partial charge in [-0.15, -0.1) is 0 Å². The van der Waals surface area contributed by atoms with Crippen LogP contribution in [0.2, 0.25) is 0 Å². The Kier molecular flexibility index (Phi) is 49.1. The molecule has 0 aromatic rings. The van der Waals surface area contributed by atoms with Crippen LogP contribution in [-0.2, 0) is 28.6 Å². The van der Waals surface area contributed by atoms with E-state index in [2.05, 4.69) is 167 Å². The highest BCUT2D eigenvalue weighted by atomic mass is 16.6. The molecular formula is C60H92O6. The molecule has 0 amide bonds. The molecule has 1 atom stereocenters. The Labute approximate surface area is 404 Å². The van der Waals surface area contributed by atoms with Crippen molar-refractivity contribution in [3.8, 4) is 0 Å². The first-order valence-corrected chi connectivity index (χ1v) is 25.8. The minimum atomic E-state index is -0.843. The van der Waals surface area contributed by atoms with E-state index in [9.17, 15) is 14.4 Å². The molecule has 0 bridgehead atoms. The van der Waals surface area contributed by atoms with Gasteiger partial charge in [0.1, 0.15) is 13.2 Å². The molecule has 0 aliphatic heterocycles. The zero-order valence-electron chi connectivity index (χ0n) is 41.9. The van der Waals surface area contributed by atoms with Crippen LogP contribution in [0, 0.1) is 0 Å². The topological polar surface area (TPSA) is 78.9 Å². The summed E-state index contributed by atoms with van der Waals surface area (Å²) in [6.07, 6.45) is 75.5. The largest absolute Gasteiger partial charge is 0.462 e. The highest BCUT2D eigenvalue weighted by Gasteiger charge is 2.19. The van der Waals surface area contributed by atoms with Crippen LogP contribution in [0.15, 0.2) is 146 Å². The molecular weight excluding hydrogens is 817 g/mol. The lowest BCUT2D eigenvalue weighted by Crippen LogP contribution is -2.30. The van der Waals surface area contributed by atoms with Crippen LogP contribution in [-0.4, -0.2) is 37.2 Å². The summed E-state index contributed by atoms with van der Waals surface area (Å²) in [6, 6.07) is 0. The van der Waals surface area contributed by atoms with Gasteiger partial charge in [0.25, 0.3) is 0 Å². The number of esters is 3. The van der Waals surface area contributed by atoms with E-state index in [4.69, 9.17) is 14.2 Å². The van der Waals surface area contributed by atoms with Crippen molar-refractivity contribution in [1.29, 1.82) is 0 Å². The molecule has 0 N–H and O–H groups in total. The number of hydrogen-bond acceptors (Lipinski definition) is 6. The molecule has 0 radical (unpaired) electrons. The maximum absolute atomic E-state index is 12.8. The van der Waals surface area contributed by atoms with E-state index in [1.54, 1.807) is 0 Å². The first-order valence-electron chi connectivity index (χ1n) is 25.8. The Bertz CT molecular complexity index is 1510. The van der Waals surface area contributed by atoms with Gasteiger partial charge in [0, 0.05) is 19.3 Å². The second kappa shape index (κ2) is 52.9. The summed E-state index contributed by atoms with van der Waals surface area (Å²) >= 11 is 0. The number of unbranched alkanes of at least 4 members (excludes halogenated alkanes) is 9. The Morgan fingerprint density at radius 2 is 0.606 bits per heavy atom. The van der Waals surface area contributed by atoms with E-state index in [1.807, 2.05) is 0 Å². The summed E-state index contributed by atoms with van der Waals surface area (Å²) in [4.78, 5) is 38.0.